The highest BCUT2D eigenvalue weighted by molar-refractivity contribution is 6.33. The van der Waals surface area contributed by atoms with Gasteiger partial charge < -0.3 is 0 Å². The molecule has 1 nitrogen and oxygen atoms in total. The van der Waals surface area contributed by atoms with Crippen LogP contribution in [0.2, 0.25) is 5.02 Å². The monoisotopic (exact) mass is 237 g/mol. The predicted molar refractivity (Wildman–Crippen MR) is 74.9 cm³/mol. The molecule has 0 amide bonds. The summed E-state index contributed by atoms with van der Waals surface area (Å²) in [4.78, 5) is 4.45. The average Bonchev–Trinajstić information content (AvgIpc) is 2.30. The van der Waals surface area contributed by atoms with Crippen molar-refractivity contribution in [3.8, 4) is 0 Å². The number of aromatic nitrogens is 1. The zero-order valence-electron chi connectivity index (χ0n) is 10.8. The van der Waals surface area contributed by atoms with Crippen molar-refractivity contribution in [3.63, 3.8) is 0 Å². The van der Waals surface area contributed by atoms with Crippen molar-refractivity contribution >= 4 is 23.8 Å². The van der Waals surface area contributed by atoms with Crippen LogP contribution in [-0.2, 0) is 0 Å². The quantitative estimate of drug-likeness (QED) is 0.701. The van der Waals surface area contributed by atoms with Crippen LogP contribution in [0.5, 0.6) is 0 Å². The summed E-state index contributed by atoms with van der Waals surface area (Å²) in [6, 6.07) is 0. The number of aryl methyl sites for hydroxylation is 1. The van der Waals surface area contributed by atoms with Crippen LogP contribution in [0.1, 0.15) is 43.3 Å². The maximum atomic E-state index is 6.19. The second-order valence-corrected chi connectivity index (χ2v) is 3.52. The van der Waals surface area contributed by atoms with Crippen LogP contribution in [-0.4, -0.2) is 4.98 Å². The number of rotatable bonds is 2. The number of allylic oxidation sites excluding steroid dienone is 1. The molecule has 0 aromatic carbocycles. The molecule has 0 aliphatic carbocycles. The highest BCUT2D eigenvalue weighted by atomic mass is 35.5. The van der Waals surface area contributed by atoms with Gasteiger partial charge in [0.15, 0.2) is 0 Å². The zero-order chi connectivity index (χ0) is 12.7. The molecule has 1 heterocycles. The Kier molecular flexibility index (Phi) is 6.75. The van der Waals surface area contributed by atoms with Gasteiger partial charge in [0, 0.05) is 11.3 Å². The lowest BCUT2D eigenvalue weighted by molar-refractivity contribution is 1.13. The first-order chi connectivity index (χ1) is 7.61. The van der Waals surface area contributed by atoms with E-state index < -0.39 is 0 Å². The lowest BCUT2D eigenvalue weighted by Crippen LogP contribution is -1.96. The minimum Gasteiger partial charge on any atom is -0.253 e. The van der Waals surface area contributed by atoms with Crippen LogP contribution in [0.15, 0.2) is 12.7 Å². The first-order valence-electron chi connectivity index (χ1n) is 5.53. The Bertz CT molecular complexity index is 392. The average molecular weight is 238 g/mol. The molecule has 0 fully saturated rings. The minimum atomic E-state index is 0.751. The van der Waals surface area contributed by atoms with Gasteiger partial charge in [0.1, 0.15) is 0 Å². The van der Waals surface area contributed by atoms with E-state index in [1.807, 2.05) is 46.8 Å². The van der Waals surface area contributed by atoms with Gasteiger partial charge in [-0.2, -0.15) is 0 Å². The van der Waals surface area contributed by atoms with E-state index in [1.165, 1.54) is 0 Å². The lowest BCUT2D eigenvalue weighted by atomic mass is 10.1. The molecule has 0 radical (unpaired) electrons. The molecule has 1 aromatic heterocycles. The Labute approximate surface area is 104 Å². The van der Waals surface area contributed by atoms with Crippen molar-refractivity contribution < 1.29 is 0 Å². The molecule has 0 saturated carbocycles. The Morgan fingerprint density at radius 3 is 2.25 bits per heavy atom. The van der Waals surface area contributed by atoms with Crippen LogP contribution in [0.4, 0.5) is 0 Å². The summed E-state index contributed by atoms with van der Waals surface area (Å²) in [7, 11) is 0. The van der Waals surface area contributed by atoms with Crippen molar-refractivity contribution in [2.24, 2.45) is 0 Å². The van der Waals surface area contributed by atoms with Crippen LogP contribution < -0.4 is 0 Å². The van der Waals surface area contributed by atoms with Gasteiger partial charge in [-0.1, -0.05) is 44.2 Å². The molecule has 0 spiro atoms. The maximum absolute atomic E-state index is 6.19. The lowest BCUT2D eigenvalue weighted by Gasteiger charge is -2.09. The molecule has 0 aliphatic heterocycles. The van der Waals surface area contributed by atoms with Crippen LogP contribution in [0.3, 0.4) is 0 Å². The van der Waals surface area contributed by atoms with Gasteiger partial charge in [0.05, 0.1) is 10.7 Å². The summed E-state index contributed by atoms with van der Waals surface area (Å²) in [6.07, 6.45) is 5.63. The van der Waals surface area contributed by atoms with Gasteiger partial charge in [-0.15, -0.1) is 0 Å². The van der Waals surface area contributed by atoms with Crippen molar-refractivity contribution in [2.75, 3.05) is 0 Å². The summed E-state index contributed by atoms with van der Waals surface area (Å²) in [5.74, 6) is 0. The van der Waals surface area contributed by atoms with Gasteiger partial charge in [0.25, 0.3) is 0 Å². The minimum absolute atomic E-state index is 0.751. The molecule has 0 N–H and O–H groups in total. The third-order valence-electron chi connectivity index (χ3n) is 2.20. The number of hydrogen-bond donors (Lipinski definition) is 0. The highest BCUT2D eigenvalue weighted by Gasteiger charge is 2.08. The Balaban J connectivity index is 0.00000106. The molecular weight excluding hydrogens is 218 g/mol. The maximum Gasteiger partial charge on any atom is 0.0716 e. The van der Waals surface area contributed by atoms with Gasteiger partial charge in [0.2, 0.25) is 0 Å². The summed E-state index contributed by atoms with van der Waals surface area (Å²) in [5.41, 5.74) is 3.78. The van der Waals surface area contributed by atoms with E-state index in [0.29, 0.717) is 0 Å². The van der Waals surface area contributed by atoms with Gasteiger partial charge in [-0.3, -0.25) is 4.98 Å². The SMILES string of the molecule is C=Cc1c(/C=C\C)nc(C)c(C)c1Cl.CC. The Morgan fingerprint density at radius 1 is 1.25 bits per heavy atom. The van der Waals surface area contributed by atoms with Crippen molar-refractivity contribution in [3.05, 3.63) is 40.2 Å². The summed E-state index contributed by atoms with van der Waals surface area (Å²) < 4.78 is 0. The molecule has 1 aromatic rings. The van der Waals surface area contributed by atoms with Crippen molar-refractivity contribution in [1.82, 2.24) is 4.98 Å². The fraction of sp³-hybridized carbons (Fsp3) is 0.357. The topological polar surface area (TPSA) is 12.9 Å². The molecule has 1 rings (SSSR count). The van der Waals surface area contributed by atoms with Crippen molar-refractivity contribution in [1.29, 1.82) is 0 Å². The molecule has 88 valence electrons. The number of halogens is 1. The van der Waals surface area contributed by atoms with Gasteiger partial charge in [-0.05, 0) is 32.4 Å². The van der Waals surface area contributed by atoms with Gasteiger partial charge in [-0.25, -0.2) is 0 Å². The Hall–Kier alpha value is -1.08. The second-order valence-electron chi connectivity index (χ2n) is 3.14. The number of nitrogens with zero attached hydrogens (tertiary/aromatic N) is 1. The summed E-state index contributed by atoms with van der Waals surface area (Å²) in [5, 5.41) is 0.751. The van der Waals surface area contributed by atoms with E-state index in [2.05, 4.69) is 11.6 Å². The molecule has 0 saturated heterocycles. The molecular formula is C14H20ClN. The van der Waals surface area contributed by atoms with E-state index in [-0.39, 0.29) is 0 Å². The highest BCUT2D eigenvalue weighted by Crippen LogP contribution is 2.26. The molecule has 0 atom stereocenters. The van der Waals surface area contributed by atoms with E-state index in [0.717, 1.165) is 27.5 Å². The number of hydrogen-bond acceptors (Lipinski definition) is 1. The van der Waals surface area contributed by atoms with Crippen LogP contribution in [0, 0.1) is 13.8 Å². The fourth-order valence-corrected chi connectivity index (χ4v) is 1.59. The number of pyridine rings is 1. The van der Waals surface area contributed by atoms with E-state index >= 15 is 0 Å². The fourth-order valence-electron chi connectivity index (χ4n) is 1.28. The van der Waals surface area contributed by atoms with E-state index in [9.17, 15) is 0 Å². The first-order valence-corrected chi connectivity index (χ1v) is 5.91. The largest absolute Gasteiger partial charge is 0.253 e. The van der Waals surface area contributed by atoms with Crippen LogP contribution in [0.25, 0.3) is 12.2 Å². The zero-order valence-corrected chi connectivity index (χ0v) is 11.5. The van der Waals surface area contributed by atoms with Crippen molar-refractivity contribution in [2.45, 2.75) is 34.6 Å². The van der Waals surface area contributed by atoms with Crippen LogP contribution >= 0.6 is 11.6 Å². The third-order valence-corrected chi connectivity index (χ3v) is 2.69. The van der Waals surface area contributed by atoms with Gasteiger partial charge >= 0.3 is 0 Å². The third kappa shape index (κ3) is 3.21. The van der Waals surface area contributed by atoms with E-state index in [1.54, 1.807) is 6.08 Å². The second kappa shape index (κ2) is 7.24. The summed E-state index contributed by atoms with van der Waals surface area (Å²) in [6.45, 7) is 13.6. The molecule has 0 aliphatic rings. The standard InChI is InChI=1S/C12H14ClN.C2H6/c1-5-7-11-10(6-2)12(13)8(3)9(4)14-11;1-2/h5-7H,2H2,1,3-4H3;1-2H3/b7-5-;. The smallest absolute Gasteiger partial charge is 0.0716 e. The Morgan fingerprint density at radius 2 is 1.81 bits per heavy atom. The molecule has 16 heavy (non-hydrogen) atoms. The molecule has 0 bridgehead atoms. The summed E-state index contributed by atoms with van der Waals surface area (Å²) >= 11 is 6.19. The first kappa shape index (κ1) is 14.9. The van der Waals surface area contributed by atoms with E-state index in [4.69, 9.17) is 11.6 Å². The predicted octanol–water partition coefficient (Wildman–Crippen LogP) is 5.05. The molecule has 2 heteroatoms. The molecule has 0 unspecified atom stereocenters. The normalized spacial score (nSPS) is 9.88.